The molecule has 0 spiro atoms. The minimum absolute atomic E-state index is 0. The van der Waals surface area contributed by atoms with Gasteiger partial charge < -0.3 is 18.7 Å². The Morgan fingerprint density at radius 3 is 2.08 bits per heavy atom. The number of hydrogen-bond donors (Lipinski definition) is 0. The maximum atomic E-state index is 4.04. The van der Waals surface area contributed by atoms with Gasteiger partial charge in [0.05, 0.1) is 0 Å². The Morgan fingerprint density at radius 2 is 1.85 bits per heavy atom. The Morgan fingerprint density at radius 1 is 1.31 bits per heavy atom. The first kappa shape index (κ1) is 13.5. The van der Waals surface area contributed by atoms with Gasteiger partial charge in [-0.1, -0.05) is 5.41 Å². The van der Waals surface area contributed by atoms with E-state index in [1.165, 1.54) is 19.5 Å². The van der Waals surface area contributed by atoms with Crippen molar-refractivity contribution in [3.05, 3.63) is 13.8 Å². The van der Waals surface area contributed by atoms with E-state index in [1.807, 2.05) is 0 Å². The maximum Gasteiger partial charge on any atom is 2.00 e. The Balaban J connectivity index is 0.00000144. The van der Waals surface area contributed by atoms with Crippen molar-refractivity contribution in [3.8, 4) is 0 Å². The molecule has 0 N–H and O–H groups in total. The molecule has 0 aromatic carbocycles. The van der Waals surface area contributed by atoms with Crippen molar-refractivity contribution < 1.29 is 18.6 Å². The van der Waals surface area contributed by atoms with E-state index in [2.05, 4.69) is 32.6 Å². The first-order valence-electron chi connectivity index (χ1n) is 4.96. The van der Waals surface area contributed by atoms with Crippen LogP contribution in [0.15, 0.2) is 0 Å². The van der Waals surface area contributed by atoms with E-state index < -0.39 is 0 Å². The molecule has 1 radical (unpaired) electrons. The molecule has 1 nitrogen and oxygen atoms in total. The average Bonchev–Trinajstić information content (AvgIpc) is 2.49. The minimum atomic E-state index is 0. The number of nitrogens with zero attached hydrogens (tertiary/aromatic N) is 1. The second-order valence-corrected chi connectivity index (χ2v) is 4.31. The molecule has 0 aromatic heterocycles. The number of likely N-dealkylation sites (tertiary alicyclic amines) is 1. The third-order valence-electron chi connectivity index (χ3n) is 3.26. The van der Waals surface area contributed by atoms with E-state index in [-0.39, 0.29) is 18.6 Å². The smallest absolute Gasteiger partial charge is 0.343 e. The van der Waals surface area contributed by atoms with Gasteiger partial charge in [0.25, 0.3) is 0 Å². The molecule has 2 heteroatoms. The van der Waals surface area contributed by atoms with Crippen molar-refractivity contribution in [2.24, 2.45) is 5.41 Å². The fourth-order valence-corrected chi connectivity index (χ4v) is 1.94. The van der Waals surface area contributed by atoms with Gasteiger partial charge in [-0.15, -0.1) is 0 Å². The summed E-state index contributed by atoms with van der Waals surface area (Å²) in [5, 5.41) is 0. The molecule has 1 aliphatic rings. The maximum absolute atomic E-state index is 4.04. The monoisotopic (exact) mass is 218 g/mol. The third-order valence-corrected chi connectivity index (χ3v) is 3.26. The van der Waals surface area contributed by atoms with E-state index >= 15 is 0 Å². The van der Waals surface area contributed by atoms with Gasteiger partial charge in [-0.25, -0.2) is 0 Å². The van der Waals surface area contributed by atoms with Gasteiger partial charge in [0.1, 0.15) is 0 Å². The standard InChI is InChI=1S/C11H21N.V/c1-5-11(6-2)7-8-12(9-11)10(3)4;/h10H,1-2,5-9H2,3-4H3;/q-2;+2. The molecular weight excluding hydrogens is 197 g/mol. The molecule has 0 unspecified atom stereocenters. The summed E-state index contributed by atoms with van der Waals surface area (Å²) in [7, 11) is 0. The summed E-state index contributed by atoms with van der Waals surface area (Å²) in [6.07, 6.45) is 3.37. The van der Waals surface area contributed by atoms with Gasteiger partial charge >= 0.3 is 18.6 Å². The average molecular weight is 218 g/mol. The van der Waals surface area contributed by atoms with Crippen molar-refractivity contribution in [3.63, 3.8) is 0 Å². The SMILES string of the molecule is [CH2-]CC1(C[CH2-])CCN(C(C)C)C1.[V+2]. The van der Waals surface area contributed by atoms with E-state index in [1.54, 1.807) is 0 Å². The summed E-state index contributed by atoms with van der Waals surface area (Å²) in [6.45, 7) is 15.1. The van der Waals surface area contributed by atoms with Gasteiger partial charge in [-0.3, -0.25) is 0 Å². The van der Waals surface area contributed by atoms with Gasteiger partial charge in [0.15, 0.2) is 0 Å². The summed E-state index contributed by atoms with van der Waals surface area (Å²) >= 11 is 0. The van der Waals surface area contributed by atoms with E-state index in [9.17, 15) is 0 Å². The van der Waals surface area contributed by atoms with Gasteiger partial charge in [0.2, 0.25) is 0 Å². The first-order valence-corrected chi connectivity index (χ1v) is 4.96. The molecule has 0 aliphatic carbocycles. The summed E-state index contributed by atoms with van der Waals surface area (Å²) in [4.78, 5) is 2.54. The molecule has 0 amide bonds. The summed E-state index contributed by atoms with van der Waals surface area (Å²) in [5.41, 5.74) is 0.435. The third kappa shape index (κ3) is 3.00. The Kier molecular flexibility index (Phi) is 5.66. The normalized spacial score (nSPS) is 21.9. The van der Waals surface area contributed by atoms with Gasteiger partial charge in [-0.2, -0.15) is 12.8 Å². The molecule has 1 fully saturated rings. The fraction of sp³-hybridized carbons (Fsp3) is 0.818. The van der Waals surface area contributed by atoms with Crippen LogP contribution in [-0.4, -0.2) is 24.0 Å². The van der Waals surface area contributed by atoms with Crippen molar-refractivity contribution >= 4 is 0 Å². The molecule has 1 rings (SSSR count). The van der Waals surface area contributed by atoms with Gasteiger partial charge in [0, 0.05) is 6.04 Å². The molecule has 1 heterocycles. The summed E-state index contributed by atoms with van der Waals surface area (Å²) < 4.78 is 0. The van der Waals surface area contributed by atoms with Crippen LogP contribution in [0.3, 0.4) is 0 Å². The fourth-order valence-electron chi connectivity index (χ4n) is 1.94. The second kappa shape index (κ2) is 5.43. The second-order valence-electron chi connectivity index (χ2n) is 4.31. The van der Waals surface area contributed by atoms with Crippen LogP contribution in [0.25, 0.3) is 0 Å². The zero-order valence-corrected chi connectivity index (χ0v) is 10.3. The van der Waals surface area contributed by atoms with E-state index in [4.69, 9.17) is 0 Å². The van der Waals surface area contributed by atoms with Crippen molar-refractivity contribution in [2.45, 2.75) is 39.2 Å². The summed E-state index contributed by atoms with van der Waals surface area (Å²) in [6, 6.07) is 0.685. The van der Waals surface area contributed by atoms with E-state index in [0.717, 1.165) is 12.8 Å². The molecule has 0 bridgehead atoms. The topological polar surface area (TPSA) is 3.24 Å². The quantitative estimate of drug-likeness (QED) is 0.658. The first-order chi connectivity index (χ1) is 5.63. The van der Waals surface area contributed by atoms with Crippen LogP contribution in [0.1, 0.15) is 33.1 Å². The van der Waals surface area contributed by atoms with Crippen LogP contribution < -0.4 is 0 Å². The van der Waals surface area contributed by atoms with Crippen LogP contribution in [0.2, 0.25) is 0 Å². The van der Waals surface area contributed by atoms with Crippen LogP contribution in [-0.2, 0) is 18.6 Å². The van der Waals surface area contributed by atoms with Crippen molar-refractivity contribution in [2.75, 3.05) is 13.1 Å². The Hall–Kier alpha value is 0.544. The molecule has 13 heavy (non-hydrogen) atoms. The molecule has 75 valence electrons. The Bertz CT molecular complexity index is 141. The zero-order valence-electron chi connectivity index (χ0n) is 8.92. The van der Waals surface area contributed by atoms with Crippen LogP contribution in [0.4, 0.5) is 0 Å². The minimum Gasteiger partial charge on any atom is -0.343 e. The van der Waals surface area contributed by atoms with Gasteiger partial charge in [-0.05, 0) is 33.4 Å². The summed E-state index contributed by atoms with van der Waals surface area (Å²) in [5.74, 6) is 0. The molecule has 0 aromatic rings. The molecule has 1 saturated heterocycles. The zero-order chi connectivity index (χ0) is 9.19. The van der Waals surface area contributed by atoms with Crippen LogP contribution in [0.5, 0.6) is 0 Å². The predicted molar refractivity (Wildman–Crippen MR) is 53.7 cm³/mol. The molecule has 1 aliphatic heterocycles. The number of rotatable bonds is 3. The molecular formula is C11H21NV. The number of hydrogen-bond acceptors (Lipinski definition) is 1. The van der Waals surface area contributed by atoms with Crippen LogP contribution >= 0.6 is 0 Å². The van der Waals surface area contributed by atoms with Crippen molar-refractivity contribution in [1.29, 1.82) is 0 Å². The van der Waals surface area contributed by atoms with Crippen molar-refractivity contribution in [1.82, 2.24) is 4.90 Å². The largest absolute Gasteiger partial charge is 2.00 e. The predicted octanol–water partition coefficient (Wildman–Crippen LogP) is 2.53. The Labute approximate surface area is 95.2 Å². The molecule has 0 saturated carbocycles. The van der Waals surface area contributed by atoms with E-state index in [0.29, 0.717) is 11.5 Å². The van der Waals surface area contributed by atoms with Crippen LogP contribution in [0, 0.1) is 19.3 Å². The molecule has 0 atom stereocenters.